The minimum Gasteiger partial charge on any atom is -0.386 e. The molecule has 2 nitrogen and oxygen atoms in total. The largest absolute Gasteiger partial charge is 0.386 e. The number of hydrogen-bond donors (Lipinski definition) is 1. The lowest BCUT2D eigenvalue weighted by Gasteiger charge is -1.97. The fourth-order valence-electron chi connectivity index (χ4n) is 0.429. The molecule has 0 bridgehead atoms. The van der Waals surface area contributed by atoms with E-state index in [4.69, 9.17) is 0 Å². The summed E-state index contributed by atoms with van der Waals surface area (Å²) in [7, 11) is 0. The number of nitrogens with zero attached hydrogens (tertiary/aromatic N) is 1. The van der Waals surface area contributed by atoms with Gasteiger partial charge in [-0.05, 0) is 19.7 Å². The highest BCUT2D eigenvalue weighted by Crippen LogP contribution is 1.84. The first-order valence-electron chi connectivity index (χ1n) is 2.86. The third-order valence-electron chi connectivity index (χ3n) is 0.785. The second-order valence-corrected chi connectivity index (χ2v) is 1.55. The molecule has 0 atom stereocenters. The second-order valence-electron chi connectivity index (χ2n) is 1.55. The molecular formula is C7H12N2. The van der Waals surface area contributed by atoms with Crippen molar-refractivity contribution in [2.45, 2.75) is 6.92 Å². The van der Waals surface area contributed by atoms with Crippen LogP contribution in [-0.4, -0.2) is 13.3 Å². The second kappa shape index (κ2) is 5.09. The zero-order valence-corrected chi connectivity index (χ0v) is 5.72. The highest BCUT2D eigenvalue weighted by atomic mass is 14.9. The van der Waals surface area contributed by atoms with Crippen LogP contribution in [0.5, 0.6) is 0 Å². The Balaban J connectivity index is 3.49. The molecule has 0 heterocycles. The van der Waals surface area contributed by atoms with Gasteiger partial charge in [0.15, 0.2) is 0 Å². The van der Waals surface area contributed by atoms with Crippen LogP contribution in [0.15, 0.2) is 29.5 Å². The molecule has 0 aliphatic carbocycles. The zero-order valence-electron chi connectivity index (χ0n) is 5.72. The SMILES string of the molecule is C=N/C=C\C(=C)NCC. The van der Waals surface area contributed by atoms with E-state index in [0.29, 0.717) is 0 Å². The van der Waals surface area contributed by atoms with Crippen LogP contribution in [0.1, 0.15) is 6.92 Å². The Kier molecular flexibility index (Phi) is 4.50. The number of allylic oxidation sites excluding steroid dienone is 1. The van der Waals surface area contributed by atoms with Gasteiger partial charge in [-0.15, -0.1) is 0 Å². The molecule has 0 rings (SSSR count). The smallest absolute Gasteiger partial charge is 0.0282 e. The van der Waals surface area contributed by atoms with E-state index in [9.17, 15) is 0 Å². The van der Waals surface area contributed by atoms with E-state index in [2.05, 4.69) is 23.6 Å². The Morgan fingerprint density at radius 2 is 2.44 bits per heavy atom. The van der Waals surface area contributed by atoms with E-state index in [1.807, 2.05) is 6.92 Å². The van der Waals surface area contributed by atoms with Crippen LogP contribution in [0.2, 0.25) is 0 Å². The molecule has 1 N–H and O–H groups in total. The van der Waals surface area contributed by atoms with E-state index >= 15 is 0 Å². The molecule has 0 saturated carbocycles. The minimum atomic E-state index is 0.866. The van der Waals surface area contributed by atoms with Gasteiger partial charge in [0.05, 0.1) is 0 Å². The topological polar surface area (TPSA) is 24.4 Å². The van der Waals surface area contributed by atoms with Crippen molar-refractivity contribution in [3.8, 4) is 0 Å². The first-order chi connectivity index (χ1) is 4.31. The highest BCUT2D eigenvalue weighted by molar-refractivity contribution is 5.26. The van der Waals surface area contributed by atoms with Gasteiger partial charge in [0.2, 0.25) is 0 Å². The standard InChI is InChI=1S/C7H12N2/c1-4-9-7(2)5-6-8-3/h5-6,9H,2-4H2,1H3/b6-5-. The Morgan fingerprint density at radius 1 is 1.78 bits per heavy atom. The molecule has 0 unspecified atom stereocenters. The van der Waals surface area contributed by atoms with Crippen LogP contribution in [-0.2, 0) is 0 Å². The van der Waals surface area contributed by atoms with Gasteiger partial charge in [0, 0.05) is 18.4 Å². The Hall–Kier alpha value is -1.05. The predicted molar refractivity (Wildman–Crippen MR) is 41.5 cm³/mol. The Labute approximate surface area is 56.0 Å². The maximum absolute atomic E-state index is 3.70. The van der Waals surface area contributed by atoms with Gasteiger partial charge >= 0.3 is 0 Å². The fraction of sp³-hybridized carbons (Fsp3) is 0.286. The monoisotopic (exact) mass is 124 g/mol. The van der Waals surface area contributed by atoms with Crippen LogP contribution >= 0.6 is 0 Å². The number of hydrogen-bond acceptors (Lipinski definition) is 2. The normalized spacial score (nSPS) is 9.44. The Bertz CT molecular complexity index is 125. The average molecular weight is 124 g/mol. The molecular weight excluding hydrogens is 112 g/mol. The van der Waals surface area contributed by atoms with Crippen LogP contribution in [0.25, 0.3) is 0 Å². The molecule has 9 heavy (non-hydrogen) atoms. The van der Waals surface area contributed by atoms with E-state index in [1.165, 1.54) is 0 Å². The van der Waals surface area contributed by atoms with Gasteiger partial charge in [0.25, 0.3) is 0 Å². The summed E-state index contributed by atoms with van der Waals surface area (Å²) in [5.74, 6) is 0. The summed E-state index contributed by atoms with van der Waals surface area (Å²) in [6.07, 6.45) is 3.38. The maximum Gasteiger partial charge on any atom is 0.0282 e. The minimum absolute atomic E-state index is 0.866. The zero-order chi connectivity index (χ0) is 7.11. The van der Waals surface area contributed by atoms with Crippen molar-refractivity contribution in [2.75, 3.05) is 6.54 Å². The maximum atomic E-state index is 3.70. The summed E-state index contributed by atoms with van der Waals surface area (Å²) in [6, 6.07) is 0. The van der Waals surface area contributed by atoms with Crippen LogP contribution in [0.4, 0.5) is 0 Å². The summed E-state index contributed by atoms with van der Waals surface area (Å²) >= 11 is 0. The molecule has 0 saturated heterocycles. The third kappa shape index (κ3) is 4.81. The Morgan fingerprint density at radius 3 is 2.89 bits per heavy atom. The first-order valence-corrected chi connectivity index (χ1v) is 2.86. The lowest BCUT2D eigenvalue weighted by Crippen LogP contribution is -2.08. The fourth-order valence-corrected chi connectivity index (χ4v) is 0.429. The summed E-state index contributed by atoms with van der Waals surface area (Å²) in [5, 5.41) is 3.01. The molecule has 2 heteroatoms. The summed E-state index contributed by atoms with van der Waals surface area (Å²) < 4.78 is 0. The van der Waals surface area contributed by atoms with Crippen LogP contribution in [0, 0.1) is 0 Å². The van der Waals surface area contributed by atoms with Crippen molar-refractivity contribution in [1.29, 1.82) is 0 Å². The van der Waals surface area contributed by atoms with Crippen molar-refractivity contribution >= 4 is 6.72 Å². The number of likely N-dealkylation sites (N-methyl/N-ethyl adjacent to an activating group) is 1. The summed E-state index contributed by atoms with van der Waals surface area (Å²) in [5.41, 5.74) is 0.866. The molecule has 0 radical (unpaired) electrons. The van der Waals surface area contributed by atoms with Crippen molar-refractivity contribution in [3.05, 3.63) is 24.6 Å². The summed E-state index contributed by atoms with van der Waals surface area (Å²) in [4.78, 5) is 3.53. The van der Waals surface area contributed by atoms with Gasteiger partial charge in [-0.2, -0.15) is 0 Å². The van der Waals surface area contributed by atoms with Crippen molar-refractivity contribution in [3.63, 3.8) is 0 Å². The average Bonchev–Trinajstić information content (AvgIpc) is 1.85. The molecule has 0 aromatic heterocycles. The number of rotatable bonds is 4. The van der Waals surface area contributed by atoms with E-state index in [-0.39, 0.29) is 0 Å². The molecule has 0 aliphatic rings. The predicted octanol–water partition coefficient (Wildman–Crippen LogP) is 1.32. The van der Waals surface area contributed by atoms with Gasteiger partial charge in [-0.1, -0.05) is 6.58 Å². The molecule has 0 aromatic rings. The third-order valence-corrected chi connectivity index (χ3v) is 0.785. The first kappa shape index (κ1) is 7.95. The number of nitrogens with one attached hydrogen (secondary N) is 1. The molecule has 0 spiro atoms. The molecule has 50 valence electrons. The number of aliphatic imine (C=N–C) groups is 1. The van der Waals surface area contributed by atoms with Crippen molar-refractivity contribution < 1.29 is 0 Å². The highest BCUT2D eigenvalue weighted by Gasteiger charge is 1.78. The summed E-state index contributed by atoms with van der Waals surface area (Å²) in [6.45, 7) is 9.89. The quantitative estimate of drug-likeness (QED) is 0.443. The van der Waals surface area contributed by atoms with E-state index in [1.54, 1.807) is 12.3 Å². The molecule has 0 aromatic carbocycles. The van der Waals surface area contributed by atoms with Crippen LogP contribution < -0.4 is 5.32 Å². The molecule has 0 amide bonds. The lowest BCUT2D eigenvalue weighted by atomic mass is 10.4. The van der Waals surface area contributed by atoms with Crippen molar-refractivity contribution in [2.24, 2.45) is 4.99 Å². The lowest BCUT2D eigenvalue weighted by molar-refractivity contribution is 0.882. The molecule has 0 aliphatic heterocycles. The van der Waals surface area contributed by atoms with Gasteiger partial charge in [-0.3, -0.25) is 4.99 Å². The van der Waals surface area contributed by atoms with Crippen LogP contribution in [0.3, 0.4) is 0 Å². The van der Waals surface area contributed by atoms with Gasteiger partial charge < -0.3 is 5.32 Å². The van der Waals surface area contributed by atoms with E-state index in [0.717, 1.165) is 12.2 Å². The van der Waals surface area contributed by atoms with Gasteiger partial charge in [0.1, 0.15) is 0 Å². The van der Waals surface area contributed by atoms with Crippen molar-refractivity contribution in [1.82, 2.24) is 5.32 Å². The van der Waals surface area contributed by atoms with Gasteiger partial charge in [-0.25, -0.2) is 0 Å². The van der Waals surface area contributed by atoms with E-state index < -0.39 is 0 Å². The molecule has 0 fully saturated rings.